The maximum Gasteiger partial charge on any atom is 0.245 e. The Morgan fingerprint density at radius 1 is 1.20 bits per heavy atom. The highest BCUT2D eigenvalue weighted by molar-refractivity contribution is 5.90. The van der Waals surface area contributed by atoms with Gasteiger partial charge in [0.05, 0.1) is 0 Å². The van der Waals surface area contributed by atoms with E-state index in [4.69, 9.17) is 0 Å². The van der Waals surface area contributed by atoms with Crippen molar-refractivity contribution in [2.24, 2.45) is 11.3 Å². The quantitative estimate of drug-likeness (QED) is 0.844. The van der Waals surface area contributed by atoms with E-state index in [-0.39, 0.29) is 23.8 Å². The molecule has 1 heterocycles. The fourth-order valence-electron chi connectivity index (χ4n) is 3.33. The molecule has 1 saturated carbocycles. The predicted octanol–water partition coefficient (Wildman–Crippen LogP) is 2.33. The van der Waals surface area contributed by atoms with E-state index in [9.17, 15) is 9.59 Å². The molecule has 20 heavy (non-hydrogen) atoms. The van der Waals surface area contributed by atoms with Crippen molar-refractivity contribution in [3.8, 4) is 0 Å². The minimum atomic E-state index is -0.347. The molecule has 114 valence electrons. The van der Waals surface area contributed by atoms with E-state index in [2.05, 4.69) is 19.2 Å². The predicted molar refractivity (Wildman–Crippen MR) is 79.1 cm³/mol. The first-order valence-corrected chi connectivity index (χ1v) is 7.90. The Bertz CT molecular complexity index is 380. The van der Waals surface area contributed by atoms with Gasteiger partial charge < -0.3 is 10.2 Å². The Labute approximate surface area is 122 Å². The molecule has 1 aliphatic carbocycles. The lowest BCUT2D eigenvalue weighted by Gasteiger charge is -2.40. The Morgan fingerprint density at radius 2 is 1.80 bits per heavy atom. The van der Waals surface area contributed by atoms with E-state index in [1.165, 1.54) is 0 Å². The summed E-state index contributed by atoms with van der Waals surface area (Å²) in [5, 5.41) is 2.88. The molecule has 0 aromatic heterocycles. The van der Waals surface area contributed by atoms with Gasteiger partial charge in [0, 0.05) is 19.0 Å². The first-order valence-electron chi connectivity index (χ1n) is 7.90. The summed E-state index contributed by atoms with van der Waals surface area (Å²) < 4.78 is 0. The monoisotopic (exact) mass is 280 g/mol. The average molecular weight is 280 g/mol. The van der Waals surface area contributed by atoms with Gasteiger partial charge in [-0.15, -0.1) is 0 Å². The van der Waals surface area contributed by atoms with Crippen LogP contribution in [0, 0.1) is 11.3 Å². The lowest BCUT2D eigenvalue weighted by molar-refractivity contribution is -0.137. The van der Waals surface area contributed by atoms with Crippen LogP contribution >= 0.6 is 0 Å². The zero-order valence-electron chi connectivity index (χ0n) is 13.2. The molecule has 1 unspecified atom stereocenters. The van der Waals surface area contributed by atoms with Crippen LogP contribution in [0.2, 0.25) is 0 Å². The summed E-state index contributed by atoms with van der Waals surface area (Å²) in [6, 6.07) is -0.0237. The van der Waals surface area contributed by atoms with Crippen LogP contribution in [0.15, 0.2) is 0 Å². The maximum absolute atomic E-state index is 12.7. The van der Waals surface area contributed by atoms with Gasteiger partial charge in [-0.3, -0.25) is 9.59 Å². The maximum atomic E-state index is 12.7. The summed E-state index contributed by atoms with van der Waals surface area (Å²) in [4.78, 5) is 26.5. The van der Waals surface area contributed by atoms with Crippen LogP contribution < -0.4 is 5.32 Å². The summed E-state index contributed by atoms with van der Waals surface area (Å²) >= 11 is 0. The second-order valence-corrected chi connectivity index (χ2v) is 7.47. The third-order valence-electron chi connectivity index (χ3n) is 4.86. The zero-order valence-corrected chi connectivity index (χ0v) is 13.2. The second-order valence-electron chi connectivity index (χ2n) is 7.47. The minimum Gasteiger partial charge on any atom is -0.344 e. The van der Waals surface area contributed by atoms with Gasteiger partial charge in [0.2, 0.25) is 11.8 Å². The molecule has 0 aromatic carbocycles. The fourth-order valence-corrected chi connectivity index (χ4v) is 3.33. The molecule has 2 amide bonds. The number of amides is 2. The molecular weight excluding hydrogens is 252 g/mol. The number of carbonyl (C=O) groups excluding carboxylic acids is 2. The summed E-state index contributed by atoms with van der Waals surface area (Å²) in [7, 11) is 0. The zero-order chi connectivity index (χ0) is 14.9. The summed E-state index contributed by atoms with van der Waals surface area (Å²) in [5.74, 6) is 0.276. The third kappa shape index (κ3) is 3.33. The van der Waals surface area contributed by atoms with E-state index in [0.29, 0.717) is 24.4 Å². The molecule has 2 fully saturated rings. The summed E-state index contributed by atoms with van der Waals surface area (Å²) in [6.07, 6.45) is 4.90. The number of nitrogens with one attached hydrogen (secondary N) is 1. The van der Waals surface area contributed by atoms with Crippen molar-refractivity contribution >= 4 is 11.8 Å². The molecule has 4 nitrogen and oxygen atoms in total. The van der Waals surface area contributed by atoms with E-state index in [1.807, 2.05) is 18.7 Å². The number of hydrogen-bond acceptors (Lipinski definition) is 2. The van der Waals surface area contributed by atoms with Crippen LogP contribution in [0.3, 0.4) is 0 Å². The smallest absolute Gasteiger partial charge is 0.245 e. The van der Waals surface area contributed by atoms with E-state index < -0.39 is 0 Å². The van der Waals surface area contributed by atoms with Crippen LogP contribution in [-0.2, 0) is 9.59 Å². The molecule has 1 saturated heterocycles. The van der Waals surface area contributed by atoms with Gasteiger partial charge in [-0.25, -0.2) is 0 Å². The largest absolute Gasteiger partial charge is 0.344 e. The highest BCUT2D eigenvalue weighted by atomic mass is 16.2. The van der Waals surface area contributed by atoms with Gasteiger partial charge in [0.15, 0.2) is 0 Å². The molecule has 2 aliphatic rings. The van der Waals surface area contributed by atoms with Crippen LogP contribution in [0.4, 0.5) is 0 Å². The molecule has 4 heteroatoms. The Balaban J connectivity index is 2.10. The summed E-state index contributed by atoms with van der Waals surface area (Å²) in [5.41, 5.74) is 0.400. The first-order chi connectivity index (χ1) is 9.30. The van der Waals surface area contributed by atoms with E-state index in [0.717, 1.165) is 25.7 Å². The molecular formula is C16H28N2O2. The van der Waals surface area contributed by atoms with Crippen molar-refractivity contribution in [3.63, 3.8) is 0 Å². The van der Waals surface area contributed by atoms with Crippen LogP contribution in [0.25, 0.3) is 0 Å². The molecule has 0 radical (unpaired) electrons. The molecule has 0 bridgehead atoms. The molecule has 1 N–H and O–H groups in total. The van der Waals surface area contributed by atoms with Gasteiger partial charge in [-0.1, -0.05) is 27.7 Å². The standard InChI is InChI=1S/C16H28N2O2/c1-11(2)14-15(20)18(10-7-13(19)17-14)12-5-8-16(3,4)9-6-12/h11-12,14H,5-10H2,1-4H3,(H,17,19). The van der Waals surface area contributed by atoms with Gasteiger partial charge in [0.1, 0.15) is 6.04 Å². The summed E-state index contributed by atoms with van der Waals surface area (Å²) in [6.45, 7) is 9.18. The number of hydrogen-bond donors (Lipinski definition) is 1. The average Bonchev–Trinajstić information content (AvgIpc) is 2.50. The Hall–Kier alpha value is -1.06. The van der Waals surface area contributed by atoms with Gasteiger partial charge in [-0.05, 0) is 37.0 Å². The van der Waals surface area contributed by atoms with Crippen LogP contribution in [0.5, 0.6) is 0 Å². The fraction of sp³-hybridized carbons (Fsp3) is 0.875. The second kappa shape index (κ2) is 5.74. The molecule has 1 aliphatic heterocycles. The van der Waals surface area contributed by atoms with Crippen molar-refractivity contribution in [2.45, 2.75) is 71.9 Å². The van der Waals surface area contributed by atoms with Crippen molar-refractivity contribution in [3.05, 3.63) is 0 Å². The van der Waals surface area contributed by atoms with Crippen LogP contribution in [-0.4, -0.2) is 35.3 Å². The lowest BCUT2D eigenvalue weighted by Crippen LogP contribution is -2.51. The highest BCUT2D eigenvalue weighted by Crippen LogP contribution is 2.37. The highest BCUT2D eigenvalue weighted by Gasteiger charge is 2.37. The Kier molecular flexibility index (Phi) is 4.40. The van der Waals surface area contributed by atoms with Crippen molar-refractivity contribution < 1.29 is 9.59 Å². The third-order valence-corrected chi connectivity index (χ3v) is 4.86. The van der Waals surface area contributed by atoms with Crippen molar-refractivity contribution in [1.82, 2.24) is 10.2 Å². The molecule has 0 aromatic rings. The minimum absolute atomic E-state index is 0.00990. The molecule has 0 spiro atoms. The van der Waals surface area contributed by atoms with E-state index in [1.54, 1.807) is 0 Å². The van der Waals surface area contributed by atoms with Crippen LogP contribution in [0.1, 0.15) is 59.8 Å². The lowest BCUT2D eigenvalue weighted by atomic mass is 9.75. The van der Waals surface area contributed by atoms with Crippen molar-refractivity contribution in [1.29, 1.82) is 0 Å². The van der Waals surface area contributed by atoms with Crippen molar-refractivity contribution in [2.75, 3.05) is 6.54 Å². The Morgan fingerprint density at radius 3 is 2.35 bits per heavy atom. The first kappa shape index (κ1) is 15.3. The number of nitrogens with zero attached hydrogens (tertiary/aromatic N) is 1. The number of rotatable bonds is 2. The van der Waals surface area contributed by atoms with Gasteiger partial charge in [0.25, 0.3) is 0 Å². The molecule has 1 atom stereocenters. The topological polar surface area (TPSA) is 49.4 Å². The van der Waals surface area contributed by atoms with Gasteiger partial charge >= 0.3 is 0 Å². The SMILES string of the molecule is CC(C)C1NC(=O)CCN(C2CCC(C)(C)CC2)C1=O. The normalized spacial score (nSPS) is 28.4. The number of carbonyl (C=O) groups is 2. The van der Waals surface area contributed by atoms with E-state index >= 15 is 0 Å². The molecule has 2 rings (SSSR count). The van der Waals surface area contributed by atoms with Gasteiger partial charge in [-0.2, -0.15) is 0 Å².